The van der Waals surface area contributed by atoms with E-state index >= 15 is 0 Å². The molecular weight excluding hydrogens is 848 g/mol. The molecule has 0 saturated heterocycles. The van der Waals surface area contributed by atoms with Crippen LogP contribution in [-0.4, -0.2) is 0 Å². The molecule has 4 aliphatic carbocycles. The maximum Gasteiger partial charge on any atom is 0.146 e. The second-order valence-corrected chi connectivity index (χ2v) is 25.3. The van der Waals surface area contributed by atoms with Gasteiger partial charge in [-0.1, -0.05) is 72.8 Å². The van der Waals surface area contributed by atoms with Gasteiger partial charge in [0.05, 0.1) is 0 Å². The molecule has 0 bridgehead atoms. The lowest BCUT2D eigenvalue weighted by Crippen LogP contribution is -2.48. The van der Waals surface area contributed by atoms with Gasteiger partial charge in [0.15, 0.2) is 0 Å². The third-order valence-electron chi connectivity index (χ3n) is 19.0. The molecule has 0 saturated carbocycles. The summed E-state index contributed by atoms with van der Waals surface area (Å²) in [5, 5.41) is 6.61. The van der Waals surface area contributed by atoms with Crippen molar-refractivity contribution >= 4 is 28.5 Å². The first kappa shape index (κ1) is 44.4. The van der Waals surface area contributed by atoms with Crippen LogP contribution >= 0.6 is 7.26 Å². The Balaban J connectivity index is 1.43. The normalized spacial score (nSPS) is 13.6. The molecule has 0 spiro atoms. The molecule has 0 nitrogen and oxygen atoms in total. The van der Waals surface area contributed by atoms with Crippen molar-refractivity contribution in [1.29, 1.82) is 0 Å². The van der Waals surface area contributed by atoms with Crippen molar-refractivity contribution in [3.63, 3.8) is 0 Å². The SMILES string of the molecule is Cc1cccc2c1-c1c(C)c(C)c(C)c([P+](c3c(C)c(C)c(C)c4c3Cc3cccc(C)c3-4)(c3c(C)c(C)c(C)c4c3Cc3cccc(C)c3-4)c3c(C)c(C)c(C)c4c3Cc3cccc(C)c3-4)c1C2. The Hall–Kier alpha value is -5.81. The fourth-order valence-corrected chi connectivity index (χ4v) is 21.5. The van der Waals surface area contributed by atoms with E-state index in [1.807, 2.05) is 0 Å². The van der Waals surface area contributed by atoms with E-state index in [2.05, 4.69) is 184 Å². The van der Waals surface area contributed by atoms with E-state index in [1.54, 1.807) is 43.5 Å². The average Bonchev–Trinajstić information content (AvgIpc) is 4.11. The number of hydrogen-bond donors (Lipinski definition) is 0. The fourth-order valence-electron chi connectivity index (χ4n) is 15.1. The summed E-state index contributed by atoms with van der Waals surface area (Å²) in [5.41, 5.74) is 47.5. The lowest BCUT2D eigenvalue weighted by atomic mass is 9.90. The first-order valence-electron chi connectivity index (χ1n) is 25.7. The van der Waals surface area contributed by atoms with E-state index in [-0.39, 0.29) is 0 Å². The van der Waals surface area contributed by atoms with Crippen molar-refractivity contribution in [2.75, 3.05) is 0 Å². The van der Waals surface area contributed by atoms with Crippen molar-refractivity contribution in [3.8, 4) is 44.5 Å². The number of rotatable bonds is 4. The van der Waals surface area contributed by atoms with Gasteiger partial charge in [0.2, 0.25) is 0 Å². The van der Waals surface area contributed by atoms with Gasteiger partial charge >= 0.3 is 0 Å². The summed E-state index contributed by atoms with van der Waals surface area (Å²) in [6.45, 7) is 39.4. The summed E-state index contributed by atoms with van der Waals surface area (Å²) < 4.78 is 0. The molecule has 0 aromatic heterocycles. The highest BCUT2D eigenvalue weighted by Gasteiger charge is 2.60. The quantitative estimate of drug-likeness (QED) is 0.154. The van der Waals surface area contributed by atoms with E-state index in [0.717, 1.165) is 25.7 Å². The number of benzene rings is 8. The number of aryl methyl sites for hydroxylation is 4. The lowest BCUT2D eigenvalue weighted by molar-refractivity contribution is 1.20. The number of fused-ring (bicyclic) bond motifs is 12. The summed E-state index contributed by atoms with van der Waals surface area (Å²) in [4.78, 5) is 0. The second-order valence-electron chi connectivity index (χ2n) is 22.1. The third-order valence-corrected chi connectivity index (χ3v) is 24.1. The molecule has 0 atom stereocenters. The maximum absolute atomic E-state index is 2.98. The highest BCUT2D eigenvalue weighted by molar-refractivity contribution is 8.02. The molecule has 0 fully saturated rings. The van der Waals surface area contributed by atoms with Crippen molar-refractivity contribution in [2.24, 2.45) is 0 Å². The zero-order valence-corrected chi connectivity index (χ0v) is 45.1. The standard InChI is InChI=1S/C68H68P/c1-33-21-17-25-49-29-53-61(57(33)49)41(9)37(5)45(13)65(53)69(66-46(14)38(6)42(10)62-54(66)30-50-26-18-22-34(2)58(50)62,67-47(15)39(7)43(11)63-55(67)31-51-27-19-23-35(3)59(51)63)68-48(16)40(8)44(12)64-56(68)32-52-28-20-24-36(4)60(52)64/h17-28H,29-32H2,1-16H3/q+1. The molecule has 0 radical (unpaired) electrons. The highest BCUT2D eigenvalue weighted by atomic mass is 31.2. The average molecular weight is 916 g/mol. The van der Waals surface area contributed by atoms with Crippen LogP contribution in [0.1, 0.15) is 134 Å². The highest BCUT2D eigenvalue weighted by Crippen LogP contribution is 2.67. The Morgan fingerprint density at radius 3 is 0.638 bits per heavy atom. The zero-order chi connectivity index (χ0) is 48.6. The van der Waals surface area contributed by atoms with Crippen LogP contribution in [0, 0.1) is 111 Å². The maximum atomic E-state index is 2.56. The molecule has 0 unspecified atom stereocenters. The van der Waals surface area contributed by atoms with Crippen molar-refractivity contribution in [2.45, 2.75) is 136 Å². The second kappa shape index (κ2) is 15.1. The summed E-state index contributed by atoms with van der Waals surface area (Å²) in [5.74, 6) is 0. The zero-order valence-electron chi connectivity index (χ0n) is 44.2. The van der Waals surface area contributed by atoms with E-state index in [4.69, 9.17) is 0 Å². The van der Waals surface area contributed by atoms with Gasteiger partial charge in [-0.05, 0) is 267 Å². The predicted octanol–water partition coefficient (Wildman–Crippen LogP) is 15.5. The molecule has 0 aliphatic heterocycles. The summed E-state index contributed by atoms with van der Waals surface area (Å²) in [6, 6.07) is 28.5. The van der Waals surface area contributed by atoms with Crippen molar-refractivity contribution in [3.05, 3.63) is 206 Å². The molecule has 0 amide bonds. The molecular formula is C68H68P+. The summed E-state index contributed by atoms with van der Waals surface area (Å²) >= 11 is 0. The molecule has 12 rings (SSSR count). The van der Waals surface area contributed by atoms with Gasteiger partial charge in [0.1, 0.15) is 28.5 Å². The van der Waals surface area contributed by atoms with Crippen LogP contribution in [0.15, 0.2) is 72.8 Å². The molecule has 344 valence electrons. The predicted molar refractivity (Wildman–Crippen MR) is 300 cm³/mol. The van der Waals surface area contributed by atoms with Crippen LogP contribution in [0.3, 0.4) is 0 Å². The molecule has 8 aromatic carbocycles. The smallest absolute Gasteiger partial charge is 0.0617 e. The molecule has 69 heavy (non-hydrogen) atoms. The van der Waals surface area contributed by atoms with Gasteiger partial charge in [-0.15, -0.1) is 0 Å². The van der Waals surface area contributed by atoms with Gasteiger partial charge in [-0.3, -0.25) is 0 Å². The lowest BCUT2D eigenvalue weighted by Gasteiger charge is -2.39. The minimum absolute atomic E-state index is 0.952. The van der Waals surface area contributed by atoms with Gasteiger partial charge in [-0.25, -0.2) is 0 Å². The van der Waals surface area contributed by atoms with Crippen molar-refractivity contribution in [1.82, 2.24) is 0 Å². The van der Waals surface area contributed by atoms with Gasteiger partial charge in [-0.2, -0.15) is 0 Å². The van der Waals surface area contributed by atoms with Crippen LogP contribution < -0.4 is 21.2 Å². The Kier molecular flexibility index (Phi) is 9.72. The van der Waals surface area contributed by atoms with Crippen LogP contribution in [-0.2, 0) is 25.7 Å². The van der Waals surface area contributed by atoms with Crippen LogP contribution in [0.4, 0.5) is 0 Å². The first-order valence-corrected chi connectivity index (χ1v) is 27.5. The topological polar surface area (TPSA) is 0 Å². The Morgan fingerprint density at radius 2 is 0.435 bits per heavy atom. The van der Waals surface area contributed by atoms with E-state index in [0.29, 0.717) is 0 Å². The Morgan fingerprint density at radius 1 is 0.232 bits per heavy atom. The largest absolute Gasteiger partial charge is 0.146 e. The monoisotopic (exact) mass is 916 g/mol. The van der Waals surface area contributed by atoms with Gasteiger partial charge in [0, 0.05) is 47.9 Å². The van der Waals surface area contributed by atoms with E-state index < -0.39 is 7.26 Å². The first-order chi connectivity index (χ1) is 32.9. The molecule has 0 heterocycles. The Bertz CT molecular complexity index is 3220. The molecule has 0 N–H and O–H groups in total. The summed E-state index contributed by atoms with van der Waals surface area (Å²) in [7, 11) is -2.98. The van der Waals surface area contributed by atoms with Gasteiger partial charge < -0.3 is 0 Å². The number of hydrogen-bond acceptors (Lipinski definition) is 0. The molecule has 4 aliphatic rings. The third kappa shape index (κ3) is 5.51. The molecule has 1 heteroatoms. The van der Waals surface area contributed by atoms with Crippen LogP contribution in [0.5, 0.6) is 0 Å². The van der Waals surface area contributed by atoms with Crippen LogP contribution in [0.25, 0.3) is 44.5 Å². The van der Waals surface area contributed by atoms with E-state index in [9.17, 15) is 0 Å². The minimum Gasteiger partial charge on any atom is -0.0617 e. The van der Waals surface area contributed by atoms with Crippen LogP contribution in [0.2, 0.25) is 0 Å². The fraction of sp³-hybridized carbons (Fsp3) is 0.294. The van der Waals surface area contributed by atoms with Gasteiger partial charge in [0.25, 0.3) is 0 Å². The molecule has 8 aromatic rings. The summed E-state index contributed by atoms with van der Waals surface area (Å²) in [6.07, 6.45) is 3.81. The minimum atomic E-state index is -2.98. The van der Waals surface area contributed by atoms with E-state index in [1.165, 1.54) is 156 Å². The van der Waals surface area contributed by atoms with Crippen molar-refractivity contribution < 1.29 is 0 Å². The Labute approximate surface area is 413 Å².